The van der Waals surface area contributed by atoms with E-state index in [9.17, 15) is 0 Å². The number of halogens is 1. The molecule has 2 aromatic rings. The molecule has 0 aliphatic carbocycles. The van der Waals surface area contributed by atoms with E-state index in [-0.39, 0.29) is 0 Å². The van der Waals surface area contributed by atoms with Gasteiger partial charge in [0.25, 0.3) is 0 Å². The van der Waals surface area contributed by atoms with Gasteiger partial charge in [-0.25, -0.2) is 4.98 Å². The molecule has 0 saturated heterocycles. The van der Waals surface area contributed by atoms with Gasteiger partial charge in [-0.05, 0) is 43.1 Å². The van der Waals surface area contributed by atoms with Gasteiger partial charge in [-0.2, -0.15) is 5.10 Å². The first kappa shape index (κ1) is 15.0. The fourth-order valence-electron chi connectivity index (χ4n) is 2.28. The second-order valence-corrected chi connectivity index (χ2v) is 5.44. The van der Waals surface area contributed by atoms with Gasteiger partial charge in [0.15, 0.2) is 0 Å². The third-order valence-electron chi connectivity index (χ3n) is 3.40. The first-order valence-electron chi connectivity index (χ1n) is 6.97. The molecule has 1 N–H and O–H groups in total. The molecule has 0 bridgehead atoms. The lowest BCUT2D eigenvalue weighted by Gasteiger charge is -2.17. The number of rotatable bonds is 7. The summed E-state index contributed by atoms with van der Waals surface area (Å²) >= 11 is 5.93. The number of hydrogen-bond donors (Lipinski definition) is 1. The lowest BCUT2D eigenvalue weighted by Crippen LogP contribution is -2.26. The van der Waals surface area contributed by atoms with Crippen LogP contribution in [0.5, 0.6) is 0 Å². The molecule has 1 heterocycles. The summed E-state index contributed by atoms with van der Waals surface area (Å²) < 4.78 is 1.85. The van der Waals surface area contributed by atoms with Crippen molar-refractivity contribution in [2.45, 2.75) is 19.8 Å². The standard InChI is InChI=1S/C15H21ClN4/c1-3-17-10-13(9-15-18-11-19-20(15)2)8-12-4-6-14(16)7-5-12/h4-7,11,13,17H,3,8-10H2,1-2H3. The number of benzene rings is 1. The van der Waals surface area contributed by atoms with Gasteiger partial charge in [-0.3, -0.25) is 4.68 Å². The van der Waals surface area contributed by atoms with Crippen LogP contribution in [-0.4, -0.2) is 27.9 Å². The van der Waals surface area contributed by atoms with Crippen LogP contribution >= 0.6 is 11.6 Å². The Morgan fingerprint density at radius 1 is 1.25 bits per heavy atom. The topological polar surface area (TPSA) is 42.7 Å². The molecule has 0 aliphatic rings. The molecule has 0 amide bonds. The first-order chi connectivity index (χ1) is 9.69. The summed E-state index contributed by atoms with van der Waals surface area (Å²) in [7, 11) is 1.94. The van der Waals surface area contributed by atoms with Crippen molar-refractivity contribution < 1.29 is 0 Å². The highest BCUT2D eigenvalue weighted by atomic mass is 35.5. The van der Waals surface area contributed by atoms with Gasteiger partial charge in [-0.15, -0.1) is 0 Å². The highest BCUT2D eigenvalue weighted by Crippen LogP contribution is 2.15. The summed E-state index contributed by atoms with van der Waals surface area (Å²) in [4.78, 5) is 4.32. The summed E-state index contributed by atoms with van der Waals surface area (Å²) in [6, 6.07) is 8.09. The van der Waals surface area contributed by atoms with E-state index in [1.165, 1.54) is 5.56 Å². The smallest absolute Gasteiger partial charge is 0.138 e. The van der Waals surface area contributed by atoms with Gasteiger partial charge in [0, 0.05) is 18.5 Å². The highest BCUT2D eigenvalue weighted by Gasteiger charge is 2.13. The van der Waals surface area contributed by atoms with Crippen molar-refractivity contribution in [2.75, 3.05) is 13.1 Å². The van der Waals surface area contributed by atoms with Crippen molar-refractivity contribution in [1.29, 1.82) is 0 Å². The predicted molar refractivity (Wildman–Crippen MR) is 81.9 cm³/mol. The monoisotopic (exact) mass is 292 g/mol. The number of aryl methyl sites for hydroxylation is 1. The minimum absolute atomic E-state index is 0.499. The Labute approximate surface area is 125 Å². The maximum Gasteiger partial charge on any atom is 0.138 e. The molecular weight excluding hydrogens is 272 g/mol. The summed E-state index contributed by atoms with van der Waals surface area (Å²) in [5.41, 5.74) is 1.31. The van der Waals surface area contributed by atoms with Gasteiger partial charge >= 0.3 is 0 Å². The third kappa shape index (κ3) is 4.32. The number of nitrogens with zero attached hydrogens (tertiary/aromatic N) is 3. The average Bonchev–Trinajstić information content (AvgIpc) is 2.84. The molecule has 0 fully saturated rings. The minimum Gasteiger partial charge on any atom is -0.317 e. The van der Waals surface area contributed by atoms with Crippen molar-refractivity contribution in [3.63, 3.8) is 0 Å². The SMILES string of the molecule is CCNCC(Cc1ccc(Cl)cc1)Cc1ncnn1C. The summed E-state index contributed by atoms with van der Waals surface area (Å²) in [6.45, 7) is 4.09. The van der Waals surface area contributed by atoms with Crippen molar-refractivity contribution in [3.8, 4) is 0 Å². The molecule has 108 valence electrons. The van der Waals surface area contributed by atoms with Gasteiger partial charge in [0.05, 0.1) is 0 Å². The van der Waals surface area contributed by atoms with Crippen LogP contribution in [0.4, 0.5) is 0 Å². The lowest BCUT2D eigenvalue weighted by molar-refractivity contribution is 0.459. The second kappa shape index (κ2) is 7.41. The van der Waals surface area contributed by atoms with E-state index in [2.05, 4.69) is 34.5 Å². The van der Waals surface area contributed by atoms with E-state index < -0.39 is 0 Å². The average molecular weight is 293 g/mol. The van der Waals surface area contributed by atoms with Crippen LogP contribution in [0.3, 0.4) is 0 Å². The molecule has 1 aromatic heterocycles. The van der Waals surface area contributed by atoms with Crippen molar-refractivity contribution >= 4 is 11.6 Å². The fraction of sp³-hybridized carbons (Fsp3) is 0.467. The van der Waals surface area contributed by atoms with Gasteiger partial charge < -0.3 is 5.32 Å². The summed E-state index contributed by atoms with van der Waals surface area (Å²) in [5.74, 6) is 1.53. The first-order valence-corrected chi connectivity index (χ1v) is 7.35. The van der Waals surface area contributed by atoms with Crippen molar-refractivity contribution in [2.24, 2.45) is 13.0 Å². The normalized spacial score (nSPS) is 12.6. The molecule has 1 unspecified atom stereocenters. The van der Waals surface area contributed by atoms with Gasteiger partial charge in [-0.1, -0.05) is 30.7 Å². The Hall–Kier alpha value is -1.39. The minimum atomic E-state index is 0.499. The number of nitrogens with one attached hydrogen (secondary N) is 1. The van der Waals surface area contributed by atoms with E-state index in [0.29, 0.717) is 5.92 Å². The van der Waals surface area contributed by atoms with Crippen LogP contribution < -0.4 is 5.32 Å². The zero-order valence-corrected chi connectivity index (χ0v) is 12.8. The van der Waals surface area contributed by atoms with E-state index in [1.54, 1.807) is 6.33 Å². The molecule has 0 aliphatic heterocycles. The van der Waals surface area contributed by atoms with Crippen LogP contribution in [0.15, 0.2) is 30.6 Å². The van der Waals surface area contributed by atoms with Crippen molar-refractivity contribution in [3.05, 3.63) is 47.0 Å². The Kier molecular flexibility index (Phi) is 5.56. The third-order valence-corrected chi connectivity index (χ3v) is 3.65. The Morgan fingerprint density at radius 2 is 2.00 bits per heavy atom. The maximum atomic E-state index is 5.93. The van der Waals surface area contributed by atoms with Crippen LogP contribution in [0.25, 0.3) is 0 Å². The molecular formula is C15H21ClN4. The van der Waals surface area contributed by atoms with E-state index in [4.69, 9.17) is 11.6 Å². The van der Waals surface area contributed by atoms with Gasteiger partial charge in [0.1, 0.15) is 12.2 Å². The molecule has 4 nitrogen and oxygen atoms in total. The molecule has 0 saturated carbocycles. The van der Waals surface area contributed by atoms with Gasteiger partial charge in [0.2, 0.25) is 0 Å². The van der Waals surface area contributed by atoms with E-state index >= 15 is 0 Å². The largest absolute Gasteiger partial charge is 0.317 e. The molecule has 1 aromatic carbocycles. The lowest BCUT2D eigenvalue weighted by atomic mass is 9.95. The molecule has 2 rings (SSSR count). The summed E-state index contributed by atoms with van der Waals surface area (Å²) in [6.07, 6.45) is 3.55. The quantitative estimate of drug-likeness (QED) is 0.852. The van der Waals surface area contributed by atoms with Crippen molar-refractivity contribution in [1.82, 2.24) is 20.1 Å². The van der Waals surface area contributed by atoms with Crippen LogP contribution in [0.2, 0.25) is 5.02 Å². The molecule has 0 radical (unpaired) electrons. The van der Waals surface area contributed by atoms with Crippen LogP contribution in [-0.2, 0) is 19.9 Å². The predicted octanol–water partition coefficient (Wildman–Crippen LogP) is 2.48. The molecule has 20 heavy (non-hydrogen) atoms. The number of hydrogen-bond acceptors (Lipinski definition) is 3. The van der Waals surface area contributed by atoms with E-state index in [0.717, 1.165) is 36.8 Å². The fourth-order valence-corrected chi connectivity index (χ4v) is 2.41. The highest BCUT2D eigenvalue weighted by molar-refractivity contribution is 6.30. The van der Waals surface area contributed by atoms with Crippen LogP contribution in [0.1, 0.15) is 18.3 Å². The zero-order chi connectivity index (χ0) is 14.4. The Balaban J connectivity index is 2.03. The zero-order valence-electron chi connectivity index (χ0n) is 12.0. The second-order valence-electron chi connectivity index (χ2n) is 5.01. The summed E-state index contributed by atoms with van der Waals surface area (Å²) in [5, 5.41) is 8.35. The molecule has 0 spiro atoms. The molecule has 1 atom stereocenters. The molecule has 5 heteroatoms. The Morgan fingerprint density at radius 3 is 2.60 bits per heavy atom. The van der Waals surface area contributed by atoms with Crippen LogP contribution in [0, 0.1) is 5.92 Å². The number of aromatic nitrogens is 3. The maximum absolute atomic E-state index is 5.93. The van der Waals surface area contributed by atoms with E-state index in [1.807, 2.05) is 23.9 Å². The Bertz CT molecular complexity index is 521.